The van der Waals surface area contributed by atoms with Gasteiger partial charge in [0.1, 0.15) is 0 Å². The number of piperidine rings is 1. The monoisotopic (exact) mass is 238 g/mol. The molecule has 0 bridgehead atoms. The highest BCUT2D eigenvalue weighted by atomic mass is 16.2. The van der Waals surface area contributed by atoms with Crippen molar-refractivity contribution in [1.82, 2.24) is 10.2 Å². The van der Waals surface area contributed by atoms with Gasteiger partial charge in [0.25, 0.3) is 0 Å². The number of carbonyl (C=O) groups excluding carboxylic acids is 2. The highest BCUT2D eigenvalue weighted by molar-refractivity contribution is 5.79. The maximum atomic E-state index is 12.0. The van der Waals surface area contributed by atoms with E-state index in [0.29, 0.717) is 12.0 Å². The fourth-order valence-corrected chi connectivity index (χ4v) is 2.51. The predicted octanol–water partition coefficient (Wildman–Crippen LogP) is 1.16. The van der Waals surface area contributed by atoms with Gasteiger partial charge >= 0.3 is 0 Å². The van der Waals surface area contributed by atoms with E-state index < -0.39 is 0 Å². The Hall–Kier alpha value is -1.06. The summed E-state index contributed by atoms with van der Waals surface area (Å²) in [6.45, 7) is 5.15. The SMILES string of the molecule is CC(=O)N1CCC(C(=O)NC(C)C2CC2)CC1. The zero-order valence-electron chi connectivity index (χ0n) is 10.7. The zero-order valence-corrected chi connectivity index (χ0v) is 10.7. The minimum atomic E-state index is 0.104. The number of rotatable bonds is 3. The summed E-state index contributed by atoms with van der Waals surface area (Å²) in [4.78, 5) is 25.0. The van der Waals surface area contributed by atoms with Crippen LogP contribution in [0.5, 0.6) is 0 Å². The number of amides is 2. The van der Waals surface area contributed by atoms with Gasteiger partial charge in [-0.1, -0.05) is 0 Å². The molecule has 4 heteroatoms. The number of nitrogens with zero attached hydrogens (tertiary/aromatic N) is 1. The third-order valence-corrected chi connectivity index (χ3v) is 4.01. The van der Waals surface area contributed by atoms with Gasteiger partial charge in [0.05, 0.1) is 0 Å². The van der Waals surface area contributed by atoms with Gasteiger partial charge in [-0.15, -0.1) is 0 Å². The van der Waals surface area contributed by atoms with E-state index in [9.17, 15) is 9.59 Å². The van der Waals surface area contributed by atoms with E-state index >= 15 is 0 Å². The van der Waals surface area contributed by atoms with E-state index in [1.807, 2.05) is 4.90 Å². The van der Waals surface area contributed by atoms with Crippen LogP contribution in [0.2, 0.25) is 0 Å². The molecule has 17 heavy (non-hydrogen) atoms. The van der Waals surface area contributed by atoms with E-state index in [1.54, 1.807) is 6.92 Å². The van der Waals surface area contributed by atoms with Crippen molar-refractivity contribution in [2.24, 2.45) is 11.8 Å². The average molecular weight is 238 g/mol. The number of hydrogen-bond acceptors (Lipinski definition) is 2. The summed E-state index contributed by atoms with van der Waals surface area (Å²) in [5.74, 6) is 1.12. The van der Waals surface area contributed by atoms with Crippen LogP contribution < -0.4 is 5.32 Å². The molecule has 1 atom stereocenters. The fourth-order valence-electron chi connectivity index (χ4n) is 2.51. The Bertz CT molecular complexity index is 305. The minimum Gasteiger partial charge on any atom is -0.353 e. The van der Waals surface area contributed by atoms with Crippen LogP contribution in [-0.4, -0.2) is 35.8 Å². The van der Waals surface area contributed by atoms with Crippen molar-refractivity contribution in [1.29, 1.82) is 0 Å². The third kappa shape index (κ3) is 3.20. The van der Waals surface area contributed by atoms with Gasteiger partial charge in [0.15, 0.2) is 0 Å². The molecule has 0 aromatic rings. The molecule has 4 nitrogen and oxygen atoms in total. The molecule has 1 N–H and O–H groups in total. The summed E-state index contributed by atoms with van der Waals surface area (Å²) >= 11 is 0. The van der Waals surface area contributed by atoms with Gasteiger partial charge in [-0.05, 0) is 38.5 Å². The normalized spacial score (nSPS) is 23.3. The number of nitrogens with one attached hydrogen (secondary N) is 1. The van der Waals surface area contributed by atoms with Crippen molar-refractivity contribution in [2.75, 3.05) is 13.1 Å². The Kier molecular flexibility index (Phi) is 3.69. The van der Waals surface area contributed by atoms with Gasteiger partial charge in [0, 0.05) is 32.0 Å². The zero-order chi connectivity index (χ0) is 12.4. The summed E-state index contributed by atoms with van der Waals surface area (Å²) in [6, 6.07) is 0.327. The molecule has 2 rings (SSSR count). The van der Waals surface area contributed by atoms with Crippen molar-refractivity contribution in [3.05, 3.63) is 0 Å². The molecule has 1 saturated heterocycles. The Labute approximate surface area is 103 Å². The first-order valence-electron chi connectivity index (χ1n) is 6.64. The lowest BCUT2D eigenvalue weighted by atomic mass is 9.95. The number of carbonyl (C=O) groups is 2. The van der Waals surface area contributed by atoms with Crippen molar-refractivity contribution in [3.63, 3.8) is 0 Å². The Morgan fingerprint density at radius 3 is 2.24 bits per heavy atom. The van der Waals surface area contributed by atoms with Crippen LogP contribution in [0.25, 0.3) is 0 Å². The van der Waals surface area contributed by atoms with Crippen molar-refractivity contribution < 1.29 is 9.59 Å². The molecule has 0 aromatic heterocycles. The summed E-state index contributed by atoms with van der Waals surface area (Å²) in [5.41, 5.74) is 0. The molecular weight excluding hydrogens is 216 g/mol. The van der Waals surface area contributed by atoms with Crippen molar-refractivity contribution >= 4 is 11.8 Å². The molecule has 2 amide bonds. The molecule has 2 fully saturated rings. The molecule has 2 aliphatic rings. The molecule has 0 radical (unpaired) electrons. The molecule has 0 aromatic carbocycles. The molecule has 1 heterocycles. The van der Waals surface area contributed by atoms with E-state index in [2.05, 4.69) is 12.2 Å². The van der Waals surface area contributed by atoms with Crippen molar-refractivity contribution in [2.45, 2.75) is 45.6 Å². The summed E-state index contributed by atoms with van der Waals surface area (Å²) in [5, 5.41) is 3.11. The molecule has 1 aliphatic carbocycles. The van der Waals surface area contributed by atoms with Gasteiger partial charge < -0.3 is 10.2 Å². The van der Waals surface area contributed by atoms with Crippen LogP contribution in [-0.2, 0) is 9.59 Å². The fraction of sp³-hybridized carbons (Fsp3) is 0.846. The van der Waals surface area contributed by atoms with Crippen LogP contribution in [0.3, 0.4) is 0 Å². The molecule has 1 aliphatic heterocycles. The van der Waals surface area contributed by atoms with Crippen LogP contribution in [0, 0.1) is 11.8 Å². The first kappa shape index (κ1) is 12.4. The van der Waals surface area contributed by atoms with Crippen LogP contribution in [0.1, 0.15) is 39.5 Å². The number of likely N-dealkylation sites (tertiary alicyclic amines) is 1. The lowest BCUT2D eigenvalue weighted by Crippen LogP contribution is -2.44. The average Bonchev–Trinajstić information content (AvgIpc) is 3.12. The second-order valence-corrected chi connectivity index (χ2v) is 5.42. The second kappa shape index (κ2) is 5.07. The van der Waals surface area contributed by atoms with Gasteiger partial charge in [-0.25, -0.2) is 0 Å². The smallest absolute Gasteiger partial charge is 0.223 e. The lowest BCUT2D eigenvalue weighted by molar-refractivity contribution is -0.134. The maximum absolute atomic E-state index is 12.0. The van der Waals surface area contributed by atoms with E-state index in [0.717, 1.165) is 25.9 Å². The first-order valence-corrected chi connectivity index (χ1v) is 6.64. The predicted molar refractivity (Wildman–Crippen MR) is 65.3 cm³/mol. The van der Waals surface area contributed by atoms with E-state index in [-0.39, 0.29) is 17.7 Å². The highest BCUT2D eigenvalue weighted by Gasteiger charge is 2.32. The molecule has 96 valence electrons. The third-order valence-electron chi connectivity index (χ3n) is 4.01. The molecule has 1 unspecified atom stereocenters. The minimum absolute atomic E-state index is 0.104. The summed E-state index contributed by atoms with van der Waals surface area (Å²) in [7, 11) is 0. The Morgan fingerprint density at radius 2 is 1.76 bits per heavy atom. The van der Waals surface area contributed by atoms with Crippen molar-refractivity contribution in [3.8, 4) is 0 Å². The summed E-state index contributed by atoms with van der Waals surface area (Å²) in [6.07, 6.45) is 4.13. The molecular formula is C13H22N2O2. The topological polar surface area (TPSA) is 49.4 Å². The second-order valence-electron chi connectivity index (χ2n) is 5.42. The molecule has 1 saturated carbocycles. The summed E-state index contributed by atoms with van der Waals surface area (Å²) < 4.78 is 0. The largest absolute Gasteiger partial charge is 0.353 e. The quantitative estimate of drug-likeness (QED) is 0.802. The van der Waals surface area contributed by atoms with Gasteiger partial charge in [-0.3, -0.25) is 9.59 Å². The van der Waals surface area contributed by atoms with Crippen LogP contribution >= 0.6 is 0 Å². The van der Waals surface area contributed by atoms with Crippen LogP contribution in [0.15, 0.2) is 0 Å². The van der Waals surface area contributed by atoms with Crippen LogP contribution in [0.4, 0.5) is 0 Å². The lowest BCUT2D eigenvalue weighted by Gasteiger charge is -2.31. The highest BCUT2D eigenvalue weighted by Crippen LogP contribution is 2.32. The van der Waals surface area contributed by atoms with E-state index in [4.69, 9.17) is 0 Å². The van der Waals surface area contributed by atoms with E-state index in [1.165, 1.54) is 12.8 Å². The Morgan fingerprint density at radius 1 is 1.18 bits per heavy atom. The van der Waals surface area contributed by atoms with Gasteiger partial charge in [-0.2, -0.15) is 0 Å². The standard InChI is InChI=1S/C13H22N2O2/c1-9(11-3-4-11)14-13(17)12-5-7-15(8-6-12)10(2)16/h9,11-12H,3-8H2,1-2H3,(H,14,17). The number of hydrogen-bond donors (Lipinski definition) is 1. The molecule has 0 spiro atoms. The first-order chi connectivity index (χ1) is 8.08. The van der Waals surface area contributed by atoms with Gasteiger partial charge in [0.2, 0.25) is 11.8 Å². The Balaban J connectivity index is 1.75. The maximum Gasteiger partial charge on any atom is 0.223 e.